The molecular weight excluding hydrogens is 452 g/mol. The molecule has 0 bridgehead atoms. The topological polar surface area (TPSA) is 81.9 Å². The number of methoxy groups -OCH3 is 1. The van der Waals surface area contributed by atoms with Gasteiger partial charge in [-0.2, -0.15) is 0 Å². The van der Waals surface area contributed by atoms with E-state index in [1.807, 2.05) is 42.5 Å². The molecule has 0 spiro atoms. The van der Waals surface area contributed by atoms with Gasteiger partial charge >= 0.3 is 5.97 Å². The summed E-state index contributed by atoms with van der Waals surface area (Å²) in [6, 6.07) is 26.4. The van der Waals surface area contributed by atoms with Gasteiger partial charge in [0.2, 0.25) is 5.91 Å². The van der Waals surface area contributed by atoms with Crippen molar-refractivity contribution in [1.29, 1.82) is 0 Å². The van der Waals surface area contributed by atoms with Crippen LogP contribution in [0.15, 0.2) is 78.9 Å². The molecule has 36 heavy (non-hydrogen) atoms. The number of carbonyl (C=O) groups is 2. The van der Waals surface area contributed by atoms with Crippen LogP contribution in [0.1, 0.15) is 35.6 Å². The van der Waals surface area contributed by atoms with Gasteiger partial charge in [-0.1, -0.05) is 73.7 Å². The maximum absolute atomic E-state index is 12.6. The molecular formula is C30H34N2O4. The largest absolute Gasteiger partial charge is 0.489 e. The van der Waals surface area contributed by atoms with Crippen LogP contribution in [0.4, 0.5) is 0 Å². The molecule has 1 aliphatic heterocycles. The summed E-state index contributed by atoms with van der Waals surface area (Å²) in [5, 5.41) is 0. The highest BCUT2D eigenvalue weighted by molar-refractivity contribution is 5.75. The van der Waals surface area contributed by atoms with E-state index in [1.54, 1.807) is 0 Å². The van der Waals surface area contributed by atoms with Crippen molar-refractivity contribution in [3.8, 4) is 5.75 Å². The number of aryl methyl sites for hydroxylation is 1. The van der Waals surface area contributed by atoms with E-state index in [4.69, 9.17) is 15.2 Å². The van der Waals surface area contributed by atoms with Gasteiger partial charge in [-0.15, -0.1) is 0 Å². The van der Waals surface area contributed by atoms with Crippen molar-refractivity contribution < 1.29 is 19.1 Å². The molecule has 1 fully saturated rings. The monoisotopic (exact) mass is 486 g/mol. The zero-order chi connectivity index (χ0) is 25.5. The number of carbonyl (C=O) groups excluding carboxylic acids is 2. The third kappa shape index (κ3) is 6.13. The lowest BCUT2D eigenvalue weighted by atomic mass is 9.74. The Morgan fingerprint density at radius 1 is 0.944 bits per heavy atom. The Bertz CT molecular complexity index is 1160. The Morgan fingerprint density at radius 3 is 2.22 bits per heavy atom. The minimum absolute atomic E-state index is 0.155. The minimum Gasteiger partial charge on any atom is -0.489 e. The molecule has 1 saturated heterocycles. The zero-order valence-electron chi connectivity index (χ0n) is 21.0. The van der Waals surface area contributed by atoms with Gasteiger partial charge in [0, 0.05) is 31.5 Å². The fourth-order valence-corrected chi connectivity index (χ4v) is 4.99. The molecule has 6 nitrogen and oxygen atoms in total. The first-order chi connectivity index (χ1) is 17.4. The van der Waals surface area contributed by atoms with Crippen LogP contribution in [0.2, 0.25) is 0 Å². The quantitative estimate of drug-likeness (QED) is 0.434. The van der Waals surface area contributed by atoms with Crippen LogP contribution in [0.3, 0.4) is 0 Å². The van der Waals surface area contributed by atoms with Crippen molar-refractivity contribution in [2.24, 2.45) is 11.7 Å². The fourth-order valence-electron chi connectivity index (χ4n) is 4.99. The van der Waals surface area contributed by atoms with Crippen LogP contribution < -0.4 is 10.5 Å². The lowest BCUT2D eigenvalue weighted by Crippen LogP contribution is -2.37. The number of benzene rings is 3. The number of amides is 1. The first-order valence-electron chi connectivity index (χ1n) is 12.3. The molecule has 4 rings (SSSR count). The van der Waals surface area contributed by atoms with Crippen LogP contribution in [-0.2, 0) is 39.3 Å². The molecule has 3 aromatic carbocycles. The normalized spacial score (nSPS) is 19.7. The summed E-state index contributed by atoms with van der Waals surface area (Å²) in [4.78, 5) is 25.9. The Balaban J connectivity index is 1.34. The number of primary amides is 1. The van der Waals surface area contributed by atoms with E-state index < -0.39 is 0 Å². The smallest absolute Gasteiger partial charge is 0.310 e. The van der Waals surface area contributed by atoms with Gasteiger partial charge in [0.1, 0.15) is 12.4 Å². The number of hydrogen-bond donors (Lipinski definition) is 1. The van der Waals surface area contributed by atoms with Crippen molar-refractivity contribution in [2.45, 2.75) is 38.3 Å². The van der Waals surface area contributed by atoms with Gasteiger partial charge in [0.25, 0.3) is 0 Å². The van der Waals surface area contributed by atoms with Gasteiger partial charge in [-0.05, 0) is 40.8 Å². The summed E-state index contributed by atoms with van der Waals surface area (Å²) in [6.07, 6.45) is 0.984. The summed E-state index contributed by atoms with van der Waals surface area (Å²) in [6.45, 7) is 4.86. The van der Waals surface area contributed by atoms with E-state index in [1.165, 1.54) is 12.7 Å². The van der Waals surface area contributed by atoms with E-state index in [-0.39, 0.29) is 23.2 Å². The van der Waals surface area contributed by atoms with Crippen molar-refractivity contribution in [1.82, 2.24) is 4.90 Å². The molecule has 0 saturated carbocycles. The molecule has 2 unspecified atom stereocenters. The number of ether oxygens (including phenoxy) is 2. The van der Waals surface area contributed by atoms with E-state index in [0.29, 0.717) is 26.0 Å². The first kappa shape index (κ1) is 25.5. The van der Waals surface area contributed by atoms with E-state index in [9.17, 15) is 9.59 Å². The van der Waals surface area contributed by atoms with Gasteiger partial charge in [-0.3, -0.25) is 14.5 Å². The predicted octanol–water partition coefficient (Wildman–Crippen LogP) is 4.25. The highest BCUT2D eigenvalue weighted by Crippen LogP contribution is 2.40. The Labute approximate surface area is 213 Å². The maximum Gasteiger partial charge on any atom is 0.310 e. The third-order valence-electron chi connectivity index (χ3n) is 7.10. The van der Waals surface area contributed by atoms with E-state index in [0.717, 1.165) is 35.5 Å². The summed E-state index contributed by atoms with van der Waals surface area (Å²) in [7, 11) is 1.47. The summed E-state index contributed by atoms with van der Waals surface area (Å²) in [5.41, 5.74) is 9.42. The molecule has 6 heteroatoms. The van der Waals surface area contributed by atoms with Gasteiger partial charge in [-0.25, -0.2) is 0 Å². The van der Waals surface area contributed by atoms with E-state index >= 15 is 0 Å². The number of rotatable bonds is 10. The van der Waals surface area contributed by atoms with Crippen LogP contribution in [0.25, 0.3) is 0 Å². The van der Waals surface area contributed by atoms with Crippen LogP contribution in [0, 0.1) is 5.92 Å². The maximum atomic E-state index is 12.6. The summed E-state index contributed by atoms with van der Waals surface area (Å²) >= 11 is 0. The minimum atomic E-state index is -0.294. The van der Waals surface area contributed by atoms with Gasteiger partial charge < -0.3 is 15.2 Å². The molecule has 1 heterocycles. The van der Waals surface area contributed by atoms with Crippen LogP contribution in [0.5, 0.6) is 5.75 Å². The number of nitrogens with two attached hydrogens (primary N) is 1. The number of likely N-dealkylation sites (tertiary alicyclic amines) is 1. The summed E-state index contributed by atoms with van der Waals surface area (Å²) < 4.78 is 11.1. The number of nitrogens with zero attached hydrogens (tertiary/aromatic N) is 1. The van der Waals surface area contributed by atoms with Crippen molar-refractivity contribution in [3.63, 3.8) is 0 Å². The standard InChI is InChI=1S/C30H34N2O4/c1-30(25-6-4-3-5-7-25)21-32(19-27(30)29(34)35-2)18-23-8-10-24(11-9-23)20-36-26-15-12-22(13-16-26)14-17-28(31)33/h3-13,15-16,27H,14,17-21H2,1-2H3,(H2,31,33). The van der Waals surface area contributed by atoms with Crippen LogP contribution >= 0.6 is 0 Å². The molecule has 188 valence electrons. The average molecular weight is 487 g/mol. The van der Waals surface area contributed by atoms with E-state index in [2.05, 4.69) is 48.2 Å². The molecule has 0 aliphatic carbocycles. The highest BCUT2D eigenvalue weighted by Gasteiger charge is 2.48. The lowest BCUT2D eigenvalue weighted by molar-refractivity contribution is -0.146. The second-order valence-corrected chi connectivity index (χ2v) is 9.74. The highest BCUT2D eigenvalue weighted by atomic mass is 16.5. The SMILES string of the molecule is COC(=O)C1CN(Cc2ccc(COc3ccc(CCC(N)=O)cc3)cc2)CC1(C)c1ccccc1. The van der Waals surface area contributed by atoms with Crippen LogP contribution in [-0.4, -0.2) is 37.0 Å². The molecule has 0 aromatic heterocycles. The Kier molecular flexibility index (Phi) is 8.06. The van der Waals surface area contributed by atoms with Crippen molar-refractivity contribution >= 4 is 11.9 Å². The Hall–Kier alpha value is -3.64. The molecule has 3 aromatic rings. The Morgan fingerprint density at radius 2 is 1.58 bits per heavy atom. The van der Waals surface area contributed by atoms with Gasteiger partial charge in [0.05, 0.1) is 13.0 Å². The molecule has 1 amide bonds. The fraction of sp³-hybridized carbons (Fsp3) is 0.333. The molecule has 1 aliphatic rings. The lowest BCUT2D eigenvalue weighted by Gasteiger charge is -2.29. The number of hydrogen-bond acceptors (Lipinski definition) is 5. The van der Waals surface area contributed by atoms with Gasteiger partial charge in [0.15, 0.2) is 0 Å². The first-order valence-corrected chi connectivity index (χ1v) is 12.3. The zero-order valence-corrected chi connectivity index (χ0v) is 21.0. The average Bonchev–Trinajstić information content (AvgIpc) is 3.24. The van der Waals surface area contributed by atoms with Crippen molar-refractivity contribution in [3.05, 3.63) is 101 Å². The molecule has 0 radical (unpaired) electrons. The molecule has 2 N–H and O–H groups in total. The third-order valence-corrected chi connectivity index (χ3v) is 7.10. The summed E-state index contributed by atoms with van der Waals surface area (Å²) in [5.74, 6) is 0.127. The number of esters is 1. The second-order valence-electron chi connectivity index (χ2n) is 9.74. The predicted molar refractivity (Wildman–Crippen MR) is 139 cm³/mol. The van der Waals surface area contributed by atoms with Crippen molar-refractivity contribution in [2.75, 3.05) is 20.2 Å². The molecule has 2 atom stereocenters. The second kappa shape index (κ2) is 11.4.